The predicted molar refractivity (Wildman–Crippen MR) is 68.0 cm³/mol. The van der Waals surface area contributed by atoms with E-state index in [-0.39, 0.29) is 5.56 Å². The van der Waals surface area contributed by atoms with Crippen LogP contribution in [-0.4, -0.2) is 45.0 Å². The van der Waals surface area contributed by atoms with E-state index in [1.165, 1.54) is 7.05 Å². The molecule has 0 saturated heterocycles. The number of nitrogens with one attached hydrogen (secondary N) is 1. The highest BCUT2D eigenvalue weighted by atomic mass is 16.6. The first-order chi connectivity index (χ1) is 9.17. The maximum Gasteiger partial charge on any atom is 0.410 e. The number of aldehydes is 1. The average Bonchev–Trinajstić information content (AvgIpc) is 2.76. The van der Waals surface area contributed by atoms with E-state index in [1.807, 2.05) is 0 Å². The maximum absolute atomic E-state index is 11.9. The second-order valence-electron chi connectivity index (χ2n) is 5.10. The molecule has 0 saturated carbocycles. The molecule has 1 unspecified atom stereocenters. The summed E-state index contributed by atoms with van der Waals surface area (Å²) in [5, 5.41) is 16.5. The molecule has 1 rings (SSSR count). The van der Waals surface area contributed by atoms with E-state index < -0.39 is 28.5 Å². The average molecular weight is 284 g/mol. The van der Waals surface area contributed by atoms with Crippen LogP contribution in [0, 0.1) is 10.1 Å². The lowest BCUT2D eigenvalue weighted by atomic mass is 10.1. The molecule has 0 aliphatic heterocycles. The molecule has 0 bridgehead atoms. The van der Waals surface area contributed by atoms with E-state index in [0.717, 1.165) is 11.1 Å². The van der Waals surface area contributed by atoms with Gasteiger partial charge in [-0.1, -0.05) is 5.10 Å². The standard InChI is InChI=1S/C11H16N4O5/c1-11(2,3)20-10(17)14(4)8(6-16)7-5-12-13-9(7)15(18)19/h5-6,8H,1-4H3,(H,12,13). The summed E-state index contributed by atoms with van der Waals surface area (Å²) in [7, 11) is 1.32. The van der Waals surface area contributed by atoms with Crippen molar-refractivity contribution in [1.82, 2.24) is 15.1 Å². The number of H-pyrrole nitrogens is 1. The number of hydrogen-bond donors (Lipinski definition) is 1. The summed E-state index contributed by atoms with van der Waals surface area (Å²) in [6.45, 7) is 5.03. The quantitative estimate of drug-likeness (QED) is 0.507. The molecule has 0 aliphatic carbocycles. The first kappa shape index (κ1) is 15.6. The molecule has 0 fully saturated rings. The van der Waals surface area contributed by atoms with Crippen LogP contribution in [0.1, 0.15) is 32.4 Å². The lowest BCUT2D eigenvalue weighted by Crippen LogP contribution is -2.37. The number of carbonyl (C=O) groups excluding carboxylic acids is 2. The van der Waals surface area contributed by atoms with Crippen molar-refractivity contribution in [2.75, 3.05) is 7.05 Å². The second kappa shape index (κ2) is 5.68. The fourth-order valence-electron chi connectivity index (χ4n) is 1.47. The molecule has 1 N–H and O–H groups in total. The predicted octanol–water partition coefficient (Wildman–Crippen LogP) is 1.42. The van der Waals surface area contributed by atoms with Crippen molar-refractivity contribution >= 4 is 18.2 Å². The molecule has 1 aromatic heterocycles. The molecule has 1 amide bonds. The van der Waals surface area contributed by atoms with Gasteiger partial charge in [-0.2, -0.15) is 0 Å². The number of nitro groups is 1. The van der Waals surface area contributed by atoms with Crippen LogP contribution in [0.3, 0.4) is 0 Å². The van der Waals surface area contributed by atoms with Crippen molar-refractivity contribution in [3.63, 3.8) is 0 Å². The molecule has 9 heteroatoms. The summed E-state index contributed by atoms with van der Waals surface area (Å²) in [5.74, 6) is -0.433. The van der Waals surface area contributed by atoms with Crippen LogP contribution in [0.4, 0.5) is 10.6 Å². The summed E-state index contributed by atoms with van der Waals surface area (Å²) in [6.07, 6.45) is 0.796. The fourth-order valence-corrected chi connectivity index (χ4v) is 1.47. The van der Waals surface area contributed by atoms with Crippen molar-refractivity contribution in [3.05, 3.63) is 21.9 Å². The Labute approximate surface area is 115 Å². The van der Waals surface area contributed by atoms with Gasteiger partial charge in [-0.3, -0.25) is 4.90 Å². The number of aromatic nitrogens is 2. The molecule has 9 nitrogen and oxygen atoms in total. The number of rotatable bonds is 4. The zero-order valence-corrected chi connectivity index (χ0v) is 11.6. The fraction of sp³-hybridized carbons (Fsp3) is 0.545. The van der Waals surface area contributed by atoms with Crippen molar-refractivity contribution in [2.45, 2.75) is 32.4 Å². The van der Waals surface area contributed by atoms with Crippen LogP contribution >= 0.6 is 0 Å². The molecule has 0 aromatic carbocycles. The Morgan fingerprint density at radius 3 is 2.65 bits per heavy atom. The lowest BCUT2D eigenvalue weighted by Gasteiger charge is -2.27. The number of carbonyl (C=O) groups is 2. The van der Waals surface area contributed by atoms with Crippen LogP contribution in [0.15, 0.2) is 6.20 Å². The Balaban J connectivity index is 3.01. The number of hydrogen-bond acceptors (Lipinski definition) is 6. The minimum atomic E-state index is -1.15. The van der Waals surface area contributed by atoms with Crippen molar-refractivity contribution in [3.8, 4) is 0 Å². The second-order valence-corrected chi connectivity index (χ2v) is 5.10. The Hall–Kier alpha value is -2.45. The van der Waals surface area contributed by atoms with Crippen molar-refractivity contribution in [1.29, 1.82) is 0 Å². The first-order valence-corrected chi connectivity index (χ1v) is 5.76. The highest BCUT2D eigenvalue weighted by Gasteiger charge is 2.31. The molecular formula is C11H16N4O5. The number of nitrogens with zero attached hydrogens (tertiary/aromatic N) is 3. The summed E-state index contributed by atoms with van der Waals surface area (Å²) in [4.78, 5) is 34.1. The maximum atomic E-state index is 11.9. The SMILES string of the molecule is CN(C(=O)OC(C)(C)C)C(C=O)c1cn[nH]c1[N+](=O)[O-]. The smallest absolute Gasteiger partial charge is 0.410 e. The van der Waals surface area contributed by atoms with Gasteiger partial charge in [-0.05, 0) is 25.7 Å². The molecule has 0 spiro atoms. The molecular weight excluding hydrogens is 268 g/mol. The molecule has 110 valence electrons. The minimum Gasteiger partial charge on any atom is -0.444 e. The van der Waals surface area contributed by atoms with Gasteiger partial charge in [0.1, 0.15) is 17.9 Å². The minimum absolute atomic E-state index is 0.00152. The lowest BCUT2D eigenvalue weighted by molar-refractivity contribution is -0.390. The summed E-state index contributed by atoms with van der Waals surface area (Å²) in [6, 6.07) is -1.15. The Kier molecular flexibility index (Phi) is 4.43. The number of likely N-dealkylation sites (N-methyl/N-ethyl adjacent to an activating group) is 1. The van der Waals surface area contributed by atoms with Gasteiger partial charge in [0.05, 0.1) is 11.8 Å². The van der Waals surface area contributed by atoms with Crippen molar-refractivity contribution < 1.29 is 19.2 Å². The van der Waals surface area contributed by atoms with E-state index in [4.69, 9.17) is 4.74 Å². The van der Waals surface area contributed by atoms with Crippen LogP contribution in [0.5, 0.6) is 0 Å². The van der Waals surface area contributed by atoms with Gasteiger partial charge in [-0.25, -0.2) is 4.79 Å². The van der Waals surface area contributed by atoms with Gasteiger partial charge in [-0.15, -0.1) is 5.10 Å². The monoisotopic (exact) mass is 284 g/mol. The first-order valence-electron chi connectivity index (χ1n) is 5.76. The molecule has 1 heterocycles. The summed E-state index contributed by atoms with van der Waals surface area (Å²) in [5.41, 5.74) is -0.737. The van der Waals surface area contributed by atoms with Crippen LogP contribution in [0.25, 0.3) is 0 Å². The van der Waals surface area contributed by atoms with E-state index in [9.17, 15) is 19.7 Å². The zero-order valence-electron chi connectivity index (χ0n) is 11.6. The van der Waals surface area contributed by atoms with Gasteiger partial charge in [0, 0.05) is 7.05 Å². The highest BCUT2D eigenvalue weighted by Crippen LogP contribution is 2.26. The van der Waals surface area contributed by atoms with Gasteiger partial charge in [0.25, 0.3) is 0 Å². The van der Waals surface area contributed by atoms with E-state index in [1.54, 1.807) is 20.8 Å². The third-order valence-corrected chi connectivity index (χ3v) is 2.38. The molecule has 1 aromatic rings. The Morgan fingerprint density at radius 1 is 1.60 bits per heavy atom. The third kappa shape index (κ3) is 3.53. The van der Waals surface area contributed by atoms with Gasteiger partial charge in [0.15, 0.2) is 0 Å². The van der Waals surface area contributed by atoms with E-state index in [0.29, 0.717) is 6.29 Å². The summed E-state index contributed by atoms with van der Waals surface area (Å²) >= 11 is 0. The largest absolute Gasteiger partial charge is 0.444 e. The van der Waals surface area contributed by atoms with Gasteiger partial charge in [0.2, 0.25) is 0 Å². The van der Waals surface area contributed by atoms with E-state index in [2.05, 4.69) is 10.2 Å². The third-order valence-electron chi connectivity index (χ3n) is 2.38. The van der Waals surface area contributed by atoms with E-state index >= 15 is 0 Å². The molecule has 0 radical (unpaired) electrons. The van der Waals surface area contributed by atoms with Crippen LogP contribution in [0.2, 0.25) is 0 Å². The zero-order chi connectivity index (χ0) is 15.5. The topological polar surface area (TPSA) is 118 Å². The van der Waals surface area contributed by atoms with Gasteiger partial charge >= 0.3 is 11.9 Å². The van der Waals surface area contributed by atoms with Crippen LogP contribution < -0.4 is 0 Å². The van der Waals surface area contributed by atoms with Crippen molar-refractivity contribution in [2.24, 2.45) is 0 Å². The molecule has 1 atom stereocenters. The molecule has 0 aliphatic rings. The highest BCUT2D eigenvalue weighted by molar-refractivity contribution is 5.75. The molecule has 20 heavy (non-hydrogen) atoms. The van der Waals surface area contributed by atoms with Crippen LogP contribution in [-0.2, 0) is 9.53 Å². The summed E-state index contributed by atoms with van der Waals surface area (Å²) < 4.78 is 5.11. The Morgan fingerprint density at radius 2 is 2.20 bits per heavy atom. The van der Waals surface area contributed by atoms with Gasteiger partial charge < -0.3 is 19.6 Å². The number of aromatic amines is 1. The normalized spacial score (nSPS) is 12.6. The number of ether oxygens (including phenoxy) is 1. The Bertz CT molecular complexity index is 519. The number of amides is 1.